The van der Waals surface area contributed by atoms with Crippen LogP contribution in [0.5, 0.6) is 0 Å². The van der Waals surface area contributed by atoms with E-state index in [1.54, 1.807) is 0 Å². The van der Waals surface area contributed by atoms with E-state index >= 15 is 0 Å². The first kappa shape index (κ1) is 9.71. The number of rotatable bonds is 2. The molecule has 0 spiro atoms. The molecule has 2 aliphatic rings. The van der Waals surface area contributed by atoms with Crippen molar-refractivity contribution in [2.45, 2.75) is 18.6 Å². The first-order chi connectivity index (χ1) is 6.40. The van der Waals surface area contributed by atoms with Crippen molar-refractivity contribution >= 4 is 11.6 Å². The highest BCUT2D eigenvalue weighted by Gasteiger charge is 2.28. The van der Waals surface area contributed by atoms with Crippen molar-refractivity contribution in [1.82, 2.24) is 4.90 Å². The average Bonchev–Trinajstić information content (AvgIpc) is 2.71. The van der Waals surface area contributed by atoms with Crippen LogP contribution in [0.3, 0.4) is 0 Å². The van der Waals surface area contributed by atoms with Gasteiger partial charge in [0.1, 0.15) is 0 Å². The van der Waals surface area contributed by atoms with Gasteiger partial charge in [0.15, 0.2) is 0 Å². The van der Waals surface area contributed by atoms with Gasteiger partial charge in [0.2, 0.25) is 0 Å². The Morgan fingerprint density at radius 3 is 3.00 bits per heavy atom. The van der Waals surface area contributed by atoms with Gasteiger partial charge in [0, 0.05) is 31.6 Å². The van der Waals surface area contributed by atoms with Crippen LogP contribution in [-0.2, 0) is 9.47 Å². The lowest BCUT2D eigenvalue weighted by Gasteiger charge is -2.35. The standard InChI is InChI=1S/C9H16ClNO2/c10-5-9-6-11(2-4-13-9)8-1-3-12-7-8/h8-9H,1-7H2. The lowest BCUT2D eigenvalue weighted by Crippen LogP contribution is -2.48. The maximum atomic E-state index is 5.77. The van der Waals surface area contributed by atoms with Crippen molar-refractivity contribution in [2.75, 3.05) is 38.8 Å². The van der Waals surface area contributed by atoms with E-state index in [2.05, 4.69) is 4.90 Å². The largest absolute Gasteiger partial charge is 0.380 e. The van der Waals surface area contributed by atoms with Crippen LogP contribution in [0.15, 0.2) is 0 Å². The third kappa shape index (κ3) is 2.34. The molecule has 0 N–H and O–H groups in total. The summed E-state index contributed by atoms with van der Waals surface area (Å²) in [6.45, 7) is 4.61. The van der Waals surface area contributed by atoms with Crippen LogP contribution < -0.4 is 0 Å². The quantitative estimate of drug-likeness (QED) is 0.620. The fourth-order valence-corrected chi connectivity index (χ4v) is 2.16. The van der Waals surface area contributed by atoms with Gasteiger partial charge in [-0.3, -0.25) is 4.90 Å². The van der Waals surface area contributed by atoms with Gasteiger partial charge in [-0.15, -0.1) is 11.6 Å². The van der Waals surface area contributed by atoms with Crippen LogP contribution in [0.2, 0.25) is 0 Å². The average molecular weight is 206 g/mol. The molecular weight excluding hydrogens is 190 g/mol. The summed E-state index contributed by atoms with van der Waals surface area (Å²) in [6, 6.07) is 0.606. The summed E-state index contributed by atoms with van der Waals surface area (Å²) in [7, 11) is 0. The van der Waals surface area contributed by atoms with E-state index < -0.39 is 0 Å². The Balaban J connectivity index is 1.84. The Kier molecular flexibility index (Phi) is 3.44. The van der Waals surface area contributed by atoms with Gasteiger partial charge < -0.3 is 9.47 Å². The minimum Gasteiger partial charge on any atom is -0.380 e. The van der Waals surface area contributed by atoms with Crippen LogP contribution in [0.1, 0.15) is 6.42 Å². The Bertz CT molecular complexity index is 162. The van der Waals surface area contributed by atoms with E-state index in [-0.39, 0.29) is 6.10 Å². The summed E-state index contributed by atoms with van der Waals surface area (Å²) in [5, 5.41) is 0. The molecule has 4 heteroatoms. The molecule has 0 amide bonds. The second-order valence-corrected chi connectivity index (χ2v) is 3.97. The highest BCUT2D eigenvalue weighted by atomic mass is 35.5. The van der Waals surface area contributed by atoms with Crippen molar-refractivity contribution in [1.29, 1.82) is 0 Å². The maximum Gasteiger partial charge on any atom is 0.0837 e. The van der Waals surface area contributed by atoms with Gasteiger partial charge in [0.05, 0.1) is 19.3 Å². The van der Waals surface area contributed by atoms with Crippen molar-refractivity contribution in [3.63, 3.8) is 0 Å². The summed E-state index contributed by atoms with van der Waals surface area (Å²) in [5.74, 6) is 0.601. The Labute approximate surface area is 83.9 Å². The zero-order valence-corrected chi connectivity index (χ0v) is 8.50. The fraction of sp³-hybridized carbons (Fsp3) is 1.00. The third-order valence-corrected chi connectivity index (χ3v) is 3.11. The third-order valence-electron chi connectivity index (χ3n) is 2.76. The molecule has 3 nitrogen and oxygen atoms in total. The summed E-state index contributed by atoms with van der Waals surface area (Å²) >= 11 is 5.77. The van der Waals surface area contributed by atoms with Crippen molar-refractivity contribution in [2.24, 2.45) is 0 Å². The van der Waals surface area contributed by atoms with E-state index in [0.29, 0.717) is 11.9 Å². The Morgan fingerprint density at radius 1 is 1.38 bits per heavy atom. The minimum absolute atomic E-state index is 0.219. The van der Waals surface area contributed by atoms with Crippen LogP contribution in [-0.4, -0.2) is 55.8 Å². The Hall–Kier alpha value is 0.170. The highest BCUT2D eigenvalue weighted by molar-refractivity contribution is 6.18. The SMILES string of the molecule is ClCC1CN(C2CCOC2)CCO1. The molecule has 2 aliphatic heterocycles. The molecule has 13 heavy (non-hydrogen) atoms. The molecule has 2 heterocycles. The van der Waals surface area contributed by atoms with E-state index in [4.69, 9.17) is 21.1 Å². The lowest BCUT2D eigenvalue weighted by atomic mass is 10.2. The number of nitrogens with zero attached hydrogens (tertiary/aromatic N) is 1. The molecule has 76 valence electrons. The lowest BCUT2D eigenvalue weighted by molar-refractivity contribution is -0.0331. The molecule has 2 unspecified atom stereocenters. The van der Waals surface area contributed by atoms with E-state index in [1.807, 2.05) is 0 Å². The van der Waals surface area contributed by atoms with Crippen LogP contribution in [0.25, 0.3) is 0 Å². The van der Waals surface area contributed by atoms with E-state index in [1.165, 1.54) is 0 Å². The van der Waals surface area contributed by atoms with Crippen molar-refractivity contribution < 1.29 is 9.47 Å². The van der Waals surface area contributed by atoms with Crippen LogP contribution in [0.4, 0.5) is 0 Å². The smallest absolute Gasteiger partial charge is 0.0837 e. The predicted molar refractivity (Wildman–Crippen MR) is 51.3 cm³/mol. The second-order valence-electron chi connectivity index (χ2n) is 3.66. The van der Waals surface area contributed by atoms with Crippen molar-refractivity contribution in [3.05, 3.63) is 0 Å². The molecule has 0 radical (unpaired) electrons. The molecule has 2 rings (SSSR count). The normalized spacial score (nSPS) is 36.7. The summed E-state index contributed by atoms with van der Waals surface area (Å²) in [6.07, 6.45) is 1.38. The molecule has 0 aromatic carbocycles. The Morgan fingerprint density at radius 2 is 2.31 bits per heavy atom. The summed E-state index contributed by atoms with van der Waals surface area (Å²) in [5.41, 5.74) is 0. The van der Waals surface area contributed by atoms with Gasteiger partial charge in [-0.2, -0.15) is 0 Å². The topological polar surface area (TPSA) is 21.7 Å². The van der Waals surface area contributed by atoms with Gasteiger partial charge in [-0.25, -0.2) is 0 Å². The number of halogens is 1. The molecule has 2 saturated heterocycles. The maximum absolute atomic E-state index is 5.77. The number of hydrogen-bond acceptors (Lipinski definition) is 3. The molecule has 0 aromatic rings. The highest BCUT2D eigenvalue weighted by Crippen LogP contribution is 2.16. The van der Waals surface area contributed by atoms with Gasteiger partial charge in [0.25, 0.3) is 0 Å². The van der Waals surface area contributed by atoms with Gasteiger partial charge >= 0.3 is 0 Å². The number of alkyl halides is 1. The zero-order valence-electron chi connectivity index (χ0n) is 7.75. The van der Waals surface area contributed by atoms with E-state index in [9.17, 15) is 0 Å². The monoisotopic (exact) mass is 205 g/mol. The molecule has 0 aromatic heterocycles. The van der Waals surface area contributed by atoms with E-state index in [0.717, 1.165) is 39.3 Å². The van der Waals surface area contributed by atoms with Crippen LogP contribution in [0, 0.1) is 0 Å². The number of ether oxygens (including phenoxy) is 2. The molecule has 2 atom stereocenters. The molecular formula is C9H16ClNO2. The minimum atomic E-state index is 0.219. The fourth-order valence-electron chi connectivity index (χ4n) is 1.98. The summed E-state index contributed by atoms with van der Waals surface area (Å²) in [4.78, 5) is 2.45. The summed E-state index contributed by atoms with van der Waals surface area (Å²) < 4.78 is 10.9. The zero-order chi connectivity index (χ0) is 9.10. The van der Waals surface area contributed by atoms with Crippen molar-refractivity contribution in [3.8, 4) is 0 Å². The van der Waals surface area contributed by atoms with Gasteiger partial charge in [-0.05, 0) is 6.42 Å². The first-order valence-corrected chi connectivity index (χ1v) is 5.43. The second kappa shape index (κ2) is 4.60. The van der Waals surface area contributed by atoms with Crippen LogP contribution >= 0.6 is 11.6 Å². The molecule has 0 bridgehead atoms. The molecule has 2 fully saturated rings. The molecule has 0 saturated carbocycles. The predicted octanol–water partition coefficient (Wildman–Crippen LogP) is 0.715. The van der Waals surface area contributed by atoms with Gasteiger partial charge in [-0.1, -0.05) is 0 Å². The molecule has 0 aliphatic carbocycles. The number of hydrogen-bond donors (Lipinski definition) is 0. The number of morpholine rings is 1. The first-order valence-electron chi connectivity index (χ1n) is 4.89.